The summed E-state index contributed by atoms with van der Waals surface area (Å²) in [4.78, 5) is 4.59. The number of hydrogen-bond acceptors (Lipinski definition) is 4. The Morgan fingerprint density at radius 2 is 2.11 bits per heavy atom. The second-order valence-electron chi connectivity index (χ2n) is 4.31. The molecule has 0 saturated heterocycles. The van der Waals surface area contributed by atoms with Gasteiger partial charge in [-0.3, -0.25) is 0 Å². The van der Waals surface area contributed by atoms with Gasteiger partial charge in [-0.2, -0.15) is 0 Å². The smallest absolute Gasteiger partial charge is 0.107 e. The lowest BCUT2D eigenvalue weighted by Gasteiger charge is -2.04. The van der Waals surface area contributed by atoms with E-state index >= 15 is 0 Å². The standard InChI is InChI=1S/C14H18N2OS/c1-11(17)7-8-15-9-14-16-13(10-18-14)12-5-3-2-4-6-12/h2-6,10-11,15,17H,7-9H2,1H3. The molecule has 2 rings (SSSR count). The van der Waals surface area contributed by atoms with E-state index in [0.29, 0.717) is 0 Å². The molecule has 0 amide bonds. The lowest BCUT2D eigenvalue weighted by Crippen LogP contribution is -2.18. The first kappa shape index (κ1) is 13.2. The van der Waals surface area contributed by atoms with E-state index in [9.17, 15) is 0 Å². The molecule has 1 aromatic heterocycles. The van der Waals surface area contributed by atoms with Crippen molar-refractivity contribution in [3.8, 4) is 11.3 Å². The quantitative estimate of drug-likeness (QED) is 0.787. The highest BCUT2D eigenvalue weighted by Crippen LogP contribution is 2.21. The molecule has 0 aliphatic heterocycles. The molecule has 0 fully saturated rings. The monoisotopic (exact) mass is 262 g/mol. The first-order chi connectivity index (χ1) is 8.75. The molecule has 0 saturated carbocycles. The van der Waals surface area contributed by atoms with Crippen molar-refractivity contribution in [3.05, 3.63) is 40.7 Å². The van der Waals surface area contributed by atoms with Gasteiger partial charge in [-0.25, -0.2) is 4.98 Å². The van der Waals surface area contributed by atoms with Crippen LogP contribution in [0.15, 0.2) is 35.7 Å². The normalized spacial score (nSPS) is 12.6. The summed E-state index contributed by atoms with van der Waals surface area (Å²) >= 11 is 1.67. The molecule has 1 atom stereocenters. The molecule has 96 valence electrons. The Kier molecular flexibility index (Phi) is 4.87. The Morgan fingerprint density at radius 3 is 2.83 bits per heavy atom. The number of nitrogens with one attached hydrogen (secondary N) is 1. The Morgan fingerprint density at radius 1 is 1.33 bits per heavy atom. The maximum absolute atomic E-state index is 9.15. The first-order valence-corrected chi connectivity index (χ1v) is 7.02. The fourth-order valence-electron chi connectivity index (χ4n) is 1.64. The van der Waals surface area contributed by atoms with Crippen LogP contribution in [0.25, 0.3) is 11.3 Å². The summed E-state index contributed by atoms with van der Waals surface area (Å²) in [6.45, 7) is 3.39. The number of benzene rings is 1. The van der Waals surface area contributed by atoms with Crippen LogP contribution in [-0.2, 0) is 6.54 Å². The maximum atomic E-state index is 9.15. The van der Waals surface area contributed by atoms with Crippen molar-refractivity contribution in [1.29, 1.82) is 0 Å². The van der Waals surface area contributed by atoms with Crippen LogP contribution in [0, 0.1) is 0 Å². The van der Waals surface area contributed by atoms with E-state index in [1.165, 1.54) is 0 Å². The van der Waals surface area contributed by atoms with Gasteiger partial charge in [0.2, 0.25) is 0 Å². The van der Waals surface area contributed by atoms with Gasteiger partial charge in [-0.1, -0.05) is 30.3 Å². The highest BCUT2D eigenvalue weighted by molar-refractivity contribution is 7.09. The first-order valence-electron chi connectivity index (χ1n) is 6.14. The van der Waals surface area contributed by atoms with Gasteiger partial charge in [0, 0.05) is 17.5 Å². The highest BCUT2D eigenvalue weighted by Gasteiger charge is 2.03. The molecule has 2 aromatic rings. The van der Waals surface area contributed by atoms with Gasteiger partial charge in [0.15, 0.2) is 0 Å². The minimum Gasteiger partial charge on any atom is -0.393 e. The van der Waals surface area contributed by atoms with Crippen molar-refractivity contribution in [2.24, 2.45) is 0 Å². The summed E-state index contributed by atoms with van der Waals surface area (Å²) in [6, 6.07) is 10.2. The Hall–Kier alpha value is -1.23. The molecule has 3 nitrogen and oxygen atoms in total. The van der Waals surface area contributed by atoms with Crippen LogP contribution in [0.2, 0.25) is 0 Å². The second-order valence-corrected chi connectivity index (χ2v) is 5.25. The van der Waals surface area contributed by atoms with Crippen molar-refractivity contribution in [2.45, 2.75) is 26.0 Å². The molecular weight excluding hydrogens is 244 g/mol. The van der Waals surface area contributed by atoms with Crippen LogP contribution in [0.1, 0.15) is 18.4 Å². The van der Waals surface area contributed by atoms with Crippen LogP contribution in [0.3, 0.4) is 0 Å². The Balaban J connectivity index is 1.87. The van der Waals surface area contributed by atoms with E-state index in [1.807, 2.05) is 18.2 Å². The van der Waals surface area contributed by atoms with Gasteiger partial charge in [-0.15, -0.1) is 11.3 Å². The third kappa shape index (κ3) is 3.91. The lowest BCUT2D eigenvalue weighted by molar-refractivity contribution is 0.183. The van der Waals surface area contributed by atoms with Gasteiger partial charge < -0.3 is 10.4 Å². The predicted molar refractivity (Wildman–Crippen MR) is 75.6 cm³/mol. The molecule has 0 spiro atoms. The fraction of sp³-hybridized carbons (Fsp3) is 0.357. The zero-order valence-electron chi connectivity index (χ0n) is 10.5. The molecule has 18 heavy (non-hydrogen) atoms. The van der Waals surface area contributed by atoms with Gasteiger partial charge in [0.25, 0.3) is 0 Å². The number of rotatable bonds is 6. The summed E-state index contributed by atoms with van der Waals surface area (Å²) in [7, 11) is 0. The van der Waals surface area contributed by atoms with Crippen LogP contribution in [0.5, 0.6) is 0 Å². The summed E-state index contributed by atoms with van der Waals surface area (Å²) in [6.07, 6.45) is 0.533. The average Bonchev–Trinajstić information content (AvgIpc) is 2.84. The molecule has 1 unspecified atom stereocenters. The topological polar surface area (TPSA) is 45.1 Å². The Labute approximate surface area is 112 Å². The van der Waals surface area contributed by atoms with Crippen LogP contribution in [0.4, 0.5) is 0 Å². The molecule has 1 heterocycles. The van der Waals surface area contributed by atoms with E-state index in [-0.39, 0.29) is 6.10 Å². The molecule has 0 bridgehead atoms. The van der Waals surface area contributed by atoms with E-state index in [4.69, 9.17) is 5.11 Å². The number of aromatic nitrogens is 1. The van der Waals surface area contributed by atoms with E-state index < -0.39 is 0 Å². The number of aliphatic hydroxyl groups excluding tert-OH is 1. The van der Waals surface area contributed by atoms with Crippen molar-refractivity contribution in [1.82, 2.24) is 10.3 Å². The zero-order valence-corrected chi connectivity index (χ0v) is 11.3. The predicted octanol–water partition coefficient (Wildman–Crippen LogP) is 2.67. The molecule has 0 aliphatic rings. The fourth-order valence-corrected chi connectivity index (χ4v) is 2.41. The van der Waals surface area contributed by atoms with Crippen molar-refractivity contribution >= 4 is 11.3 Å². The summed E-state index contributed by atoms with van der Waals surface area (Å²) in [5.41, 5.74) is 2.19. The highest BCUT2D eigenvalue weighted by atomic mass is 32.1. The molecule has 2 N–H and O–H groups in total. The van der Waals surface area contributed by atoms with Gasteiger partial charge >= 0.3 is 0 Å². The Bertz CT molecular complexity index is 468. The minimum atomic E-state index is -0.242. The van der Waals surface area contributed by atoms with Gasteiger partial charge in [0.05, 0.1) is 11.8 Å². The molecule has 0 radical (unpaired) electrons. The second kappa shape index (κ2) is 6.64. The number of nitrogens with zero attached hydrogens (tertiary/aromatic N) is 1. The molecule has 1 aromatic carbocycles. The van der Waals surface area contributed by atoms with Crippen molar-refractivity contribution in [3.63, 3.8) is 0 Å². The summed E-state index contributed by atoms with van der Waals surface area (Å²) in [5, 5.41) is 15.6. The zero-order chi connectivity index (χ0) is 12.8. The SMILES string of the molecule is CC(O)CCNCc1nc(-c2ccccc2)cs1. The third-order valence-corrected chi connectivity index (χ3v) is 3.49. The molecule has 0 aliphatic carbocycles. The molecular formula is C14H18N2OS. The third-order valence-electron chi connectivity index (χ3n) is 2.64. The van der Waals surface area contributed by atoms with E-state index in [0.717, 1.165) is 35.8 Å². The van der Waals surface area contributed by atoms with Gasteiger partial charge in [-0.05, 0) is 19.9 Å². The number of hydrogen-bond donors (Lipinski definition) is 2. The summed E-state index contributed by atoms with van der Waals surface area (Å²) in [5.74, 6) is 0. The van der Waals surface area contributed by atoms with Crippen molar-refractivity contribution in [2.75, 3.05) is 6.54 Å². The van der Waals surface area contributed by atoms with Crippen LogP contribution in [-0.4, -0.2) is 22.7 Å². The largest absolute Gasteiger partial charge is 0.393 e. The number of aliphatic hydroxyl groups is 1. The lowest BCUT2D eigenvalue weighted by atomic mass is 10.2. The number of thiazole rings is 1. The van der Waals surface area contributed by atoms with Crippen molar-refractivity contribution < 1.29 is 5.11 Å². The summed E-state index contributed by atoms with van der Waals surface area (Å²) < 4.78 is 0. The van der Waals surface area contributed by atoms with E-state index in [2.05, 4.69) is 27.8 Å². The van der Waals surface area contributed by atoms with Crippen LogP contribution < -0.4 is 5.32 Å². The molecule has 4 heteroatoms. The van der Waals surface area contributed by atoms with Gasteiger partial charge in [0.1, 0.15) is 5.01 Å². The maximum Gasteiger partial charge on any atom is 0.107 e. The average molecular weight is 262 g/mol. The van der Waals surface area contributed by atoms with E-state index in [1.54, 1.807) is 18.3 Å². The minimum absolute atomic E-state index is 0.242. The van der Waals surface area contributed by atoms with Crippen LogP contribution >= 0.6 is 11.3 Å².